The number of rotatable bonds is 6. The van der Waals surface area contributed by atoms with Crippen LogP contribution in [0.1, 0.15) is 40.0 Å². The summed E-state index contributed by atoms with van der Waals surface area (Å²) < 4.78 is 0. The molecule has 0 aromatic carbocycles. The summed E-state index contributed by atoms with van der Waals surface area (Å²) in [6, 6.07) is 1.03. The Hall–Kier alpha value is -0.120. The lowest BCUT2D eigenvalue weighted by atomic mass is 9.89. The van der Waals surface area contributed by atoms with Gasteiger partial charge in [0.1, 0.15) is 0 Å². The predicted molar refractivity (Wildman–Crippen MR) is 73.1 cm³/mol. The van der Waals surface area contributed by atoms with Crippen molar-refractivity contribution in [1.29, 1.82) is 0 Å². The van der Waals surface area contributed by atoms with Crippen LogP contribution in [0.5, 0.6) is 0 Å². The smallest absolute Gasteiger partial charge is 0.0445 e. The summed E-state index contributed by atoms with van der Waals surface area (Å²) in [4.78, 5) is 2.41. The molecule has 0 aromatic rings. The van der Waals surface area contributed by atoms with Crippen molar-refractivity contribution in [3.05, 3.63) is 0 Å². The summed E-state index contributed by atoms with van der Waals surface area (Å²) in [5.74, 6) is 1.39. The number of hydrogen-bond acceptors (Lipinski definition) is 3. The fourth-order valence-corrected chi connectivity index (χ4v) is 2.75. The third-order valence-electron chi connectivity index (χ3n) is 4.19. The second-order valence-corrected chi connectivity index (χ2v) is 5.96. The van der Waals surface area contributed by atoms with Crippen LogP contribution in [0.2, 0.25) is 0 Å². The van der Waals surface area contributed by atoms with Gasteiger partial charge in [-0.05, 0) is 58.2 Å². The average molecular weight is 242 g/mol. The summed E-state index contributed by atoms with van der Waals surface area (Å²) in [6.45, 7) is 9.51. The van der Waals surface area contributed by atoms with Crippen molar-refractivity contribution in [2.75, 3.05) is 26.7 Å². The maximum Gasteiger partial charge on any atom is 0.0445 e. The Morgan fingerprint density at radius 1 is 1.24 bits per heavy atom. The van der Waals surface area contributed by atoms with Crippen molar-refractivity contribution < 1.29 is 5.11 Å². The molecule has 0 saturated carbocycles. The van der Waals surface area contributed by atoms with Crippen LogP contribution in [-0.4, -0.2) is 48.8 Å². The Balaban J connectivity index is 2.38. The van der Waals surface area contributed by atoms with Crippen LogP contribution in [0.15, 0.2) is 0 Å². The average Bonchev–Trinajstić information content (AvgIpc) is 2.29. The molecule has 0 amide bonds. The molecule has 0 aromatic heterocycles. The predicted octanol–water partition coefficient (Wildman–Crippen LogP) is 1.71. The van der Waals surface area contributed by atoms with Gasteiger partial charge in [-0.3, -0.25) is 0 Å². The maximum atomic E-state index is 9.10. The monoisotopic (exact) mass is 242 g/mol. The zero-order valence-corrected chi connectivity index (χ0v) is 11.9. The van der Waals surface area contributed by atoms with Crippen molar-refractivity contribution in [1.82, 2.24) is 10.2 Å². The highest BCUT2D eigenvalue weighted by Crippen LogP contribution is 2.21. The Morgan fingerprint density at radius 2 is 1.82 bits per heavy atom. The Morgan fingerprint density at radius 3 is 2.29 bits per heavy atom. The van der Waals surface area contributed by atoms with E-state index in [0.717, 1.165) is 12.3 Å². The van der Waals surface area contributed by atoms with Crippen molar-refractivity contribution in [3.63, 3.8) is 0 Å². The van der Waals surface area contributed by atoms with Crippen LogP contribution < -0.4 is 5.32 Å². The number of piperidine rings is 1. The zero-order chi connectivity index (χ0) is 12.8. The van der Waals surface area contributed by atoms with E-state index in [9.17, 15) is 0 Å². The zero-order valence-electron chi connectivity index (χ0n) is 11.9. The lowest BCUT2D eigenvalue weighted by molar-refractivity contribution is 0.168. The SMILES string of the molecule is CC(C)C(CCO)NC(C)C1CCN(C)CC1. The van der Waals surface area contributed by atoms with E-state index in [1.165, 1.54) is 25.9 Å². The highest BCUT2D eigenvalue weighted by molar-refractivity contribution is 4.82. The summed E-state index contributed by atoms with van der Waals surface area (Å²) in [5.41, 5.74) is 0. The molecular weight excluding hydrogens is 212 g/mol. The van der Waals surface area contributed by atoms with Gasteiger partial charge in [0.05, 0.1) is 0 Å². The molecule has 2 unspecified atom stereocenters. The van der Waals surface area contributed by atoms with Crippen molar-refractivity contribution >= 4 is 0 Å². The van der Waals surface area contributed by atoms with Gasteiger partial charge in [-0.15, -0.1) is 0 Å². The van der Waals surface area contributed by atoms with Crippen LogP contribution in [-0.2, 0) is 0 Å². The van der Waals surface area contributed by atoms with E-state index in [4.69, 9.17) is 5.11 Å². The van der Waals surface area contributed by atoms with Crippen molar-refractivity contribution in [2.24, 2.45) is 11.8 Å². The molecule has 1 saturated heterocycles. The van der Waals surface area contributed by atoms with Crippen LogP contribution in [0.4, 0.5) is 0 Å². The molecule has 1 aliphatic rings. The molecule has 0 radical (unpaired) electrons. The van der Waals surface area contributed by atoms with E-state index >= 15 is 0 Å². The maximum absolute atomic E-state index is 9.10. The Kier molecular flexibility index (Phi) is 6.45. The Labute approximate surface area is 107 Å². The minimum atomic E-state index is 0.288. The van der Waals surface area contributed by atoms with E-state index in [1.54, 1.807) is 0 Å². The van der Waals surface area contributed by atoms with E-state index in [2.05, 4.69) is 38.0 Å². The summed E-state index contributed by atoms with van der Waals surface area (Å²) >= 11 is 0. The molecule has 1 fully saturated rings. The molecule has 1 aliphatic heterocycles. The highest BCUT2D eigenvalue weighted by atomic mass is 16.3. The van der Waals surface area contributed by atoms with Gasteiger partial charge in [-0.2, -0.15) is 0 Å². The fourth-order valence-electron chi connectivity index (χ4n) is 2.75. The van der Waals surface area contributed by atoms with Crippen LogP contribution >= 0.6 is 0 Å². The standard InChI is InChI=1S/C14H30N2O/c1-11(2)14(7-10-17)15-12(3)13-5-8-16(4)9-6-13/h11-15,17H,5-10H2,1-4H3. The molecule has 1 rings (SSSR count). The summed E-state index contributed by atoms with van der Waals surface area (Å²) in [6.07, 6.45) is 3.47. The summed E-state index contributed by atoms with van der Waals surface area (Å²) in [5, 5.41) is 12.8. The quantitative estimate of drug-likeness (QED) is 0.744. The number of nitrogens with one attached hydrogen (secondary N) is 1. The van der Waals surface area contributed by atoms with Crippen LogP contribution in [0, 0.1) is 11.8 Å². The molecule has 2 N–H and O–H groups in total. The lowest BCUT2D eigenvalue weighted by Gasteiger charge is -2.36. The number of aliphatic hydroxyl groups excluding tert-OH is 1. The highest BCUT2D eigenvalue weighted by Gasteiger charge is 2.24. The van der Waals surface area contributed by atoms with Gasteiger partial charge in [0, 0.05) is 18.7 Å². The third-order valence-corrected chi connectivity index (χ3v) is 4.19. The van der Waals surface area contributed by atoms with E-state index in [0.29, 0.717) is 18.0 Å². The van der Waals surface area contributed by atoms with Crippen molar-refractivity contribution in [2.45, 2.75) is 52.1 Å². The minimum absolute atomic E-state index is 0.288. The lowest BCUT2D eigenvalue weighted by Crippen LogP contribution is -2.46. The van der Waals surface area contributed by atoms with Crippen molar-refractivity contribution in [3.8, 4) is 0 Å². The van der Waals surface area contributed by atoms with E-state index in [1.807, 2.05) is 0 Å². The third kappa shape index (κ3) is 4.94. The molecule has 0 spiro atoms. The largest absolute Gasteiger partial charge is 0.396 e. The first-order chi connectivity index (χ1) is 8.04. The van der Waals surface area contributed by atoms with Gasteiger partial charge >= 0.3 is 0 Å². The van der Waals surface area contributed by atoms with Crippen LogP contribution in [0.3, 0.4) is 0 Å². The van der Waals surface area contributed by atoms with E-state index in [-0.39, 0.29) is 6.61 Å². The molecular formula is C14H30N2O. The second-order valence-electron chi connectivity index (χ2n) is 5.96. The van der Waals surface area contributed by atoms with Gasteiger partial charge in [-0.25, -0.2) is 0 Å². The molecule has 0 aliphatic carbocycles. The molecule has 3 nitrogen and oxygen atoms in total. The van der Waals surface area contributed by atoms with E-state index < -0.39 is 0 Å². The second kappa shape index (κ2) is 7.34. The first-order valence-electron chi connectivity index (χ1n) is 7.10. The number of hydrogen-bond donors (Lipinski definition) is 2. The van der Waals surface area contributed by atoms with Gasteiger partial charge < -0.3 is 15.3 Å². The molecule has 1 heterocycles. The number of nitrogens with zero attached hydrogens (tertiary/aromatic N) is 1. The van der Waals surface area contributed by atoms with Gasteiger partial charge in [0.15, 0.2) is 0 Å². The normalized spacial score (nSPS) is 22.9. The first-order valence-corrected chi connectivity index (χ1v) is 7.10. The van der Waals surface area contributed by atoms with Crippen LogP contribution in [0.25, 0.3) is 0 Å². The summed E-state index contributed by atoms with van der Waals surface area (Å²) in [7, 11) is 2.21. The molecule has 0 bridgehead atoms. The topological polar surface area (TPSA) is 35.5 Å². The molecule has 3 heteroatoms. The Bertz CT molecular complexity index is 200. The molecule has 17 heavy (non-hydrogen) atoms. The number of aliphatic hydroxyl groups is 1. The molecule has 102 valence electrons. The molecule has 2 atom stereocenters. The first kappa shape index (κ1) is 14.9. The number of likely N-dealkylation sites (tertiary alicyclic amines) is 1. The van der Waals surface area contributed by atoms with Gasteiger partial charge in [0.25, 0.3) is 0 Å². The van der Waals surface area contributed by atoms with Gasteiger partial charge in [0.2, 0.25) is 0 Å². The van der Waals surface area contributed by atoms with Gasteiger partial charge in [-0.1, -0.05) is 13.8 Å². The fraction of sp³-hybridized carbons (Fsp3) is 1.00. The minimum Gasteiger partial charge on any atom is -0.396 e.